The Morgan fingerprint density at radius 1 is 1.12 bits per heavy atom. The van der Waals surface area contributed by atoms with Gasteiger partial charge in [0.05, 0.1) is 11.4 Å². The number of thioether (sulfide) groups is 1. The summed E-state index contributed by atoms with van der Waals surface area (Å²) in [6.07, 6.45) is 3.81. The Hall–Kier alpha value is -3.10. The second kappa shape index (κ2) is 10.5. The first kappa shape index (κ1) is 23.6. The minimum Gasteiger partial charge on any atom is -0.378 e. The molecular weight excluding hydrogens is 446 g/mol. The van der Waals surface area contributed by atoms with Gasteiger partial charge in [-0.25, -0.2) is 4.90 Å². The number of amidine groups is 1. The van der Waals surface area contributed by atoms with Crippen molar-refractivity contribution in [3.63, 3.8) is 0 Å². The second-order valence-electron chi connectivity index (χ2n) is 7.35. The summed E-state index contributed by atoms with van der Waals surface area (Å²) in [7, 11) is 3.98. The summed E-state index contributed by atoms with van der Waals surface area (Å²) in [6.45, 7) is 1.80. The second-order valence-corrected chi connectivity index (χ2v) is 9.01. The van der Waals surface area contributed by atoms with Crippen LogP contribution in [0.1, 0.15) is 18.9 Å². The molecule has 0 radical (unpaired) electrons. The molecule has 32 heavy (non-hydrogen) atoms. The number of halogens is 1. The van der Waals surface area contributed by atoms with Crippen LogP contribution in [0.3, 0.4) is 0 Å². The summed E-state index contributed by atoms with van der Waals surface area (Å²) in [6, 6.07) is 14.6. The maximum absolute atomic E-state index is 12.7. The van der Waals surface area contributed by atoms with Gasteiger partial charge in [-0.2, -0.15) is 5.10 Å². The molecule has 2 aromatic rings. The van der Waals surface area contributed by atoms with Crippen molar-refractivity contribution < 1.29 is 9.59 Å². The van der Waals surface area contributed by atoms with Crippen LogP contribution in [0.5, 0.6) is 0 Å². The molecule has 1 atom stereocenters. The van der Waals surface area contributed by atoms with Crippen LogP contribution >= 0.6 is 23.4 Å². The highest BCUT2D eigenvalue weighted by atomic mass is 35.5. The summed E-state index contributed by atoms with van der Waals surface area (Å²) in [5.41, 5.74) is 9.24. The molecule has 2 N–H and O–H groups in total. The molecule has 0 unspecified atom stereocenters. The van der Waals surface area contributed by atoms with Crippen molar-refractivity contribution >= 4 is 63.5 Å². The first-order chi connectivity index (χ1) is 15.2. The van der Waals surface area contributed by atoms with Crippen molar-refractivity contribution in [3.05, 3.63) is 65.2 Å². The molecule has 0 aromatic heterocycles. The number of benzene rings is 2. The normalized spacial score (nSPS) is 17.5. The van der Waals surface area contributed by atoms with E-state index in [0.29, 0.717) is 16.4 Å². The highest BCUT2D eigenvalue weighted by molar-refractivity contribution is 8.14. The Labute approximate surface area is 196 Å². The van der Waals surface area contributed by atoms with E-state index in [0.717, 1.165) is 27.9 Å². The van der Waals surface area contributed by atoms with Gasteiger partial charge < -0.3 is 10.6 Å². The number of hydrogen-bond donors (Lipinski definition) is 1. The molecule has 166 valence electrons. The van der Waals surface area contributed by atoms with Gasteiger partial charge in [0.15, 0.2) is 5.17 Å². The maximum Gasteiger partial charge on any atom is 0.247 e. The highest BCUT2D eigenvalue weighted by Gasteiger charge is 2.40. The number of nitrogens with two attached hydrogens (primary N) is 1. The monoisotopic (exact) mass is 469 g/mol. The zero-order valence-electron chi connectivity index (χ0n) is 18.0. The van der Waals surface area contributed by atoms with E-state index in [4.69, 9.17) is 17.3 Å². The molecule has 0 saturated carbocycles. The average Bonchev–Trinajstić information content (AvgIpc) is 3.04. The molecule has 1 saturated heterocycles. The summed E-state index contributed by atoms with van der Waals surface area (Å²) in [4.78, 5) is 28.2. The lowest BCUT2D eigenvalue weighted by Crippen LogP contribution is -2.31. The molecule has 2 amide bonds. The first-order valence-corrected chi connectivity index (χ1v) is 11.1. The van der Waals surface area contributed by atoms with Crippen LogP contribution in [0.2, 0.25) is 5.02 Å². The first-order valence-electron chi connectivity index (χ1n) is 9.87. The fraction of sp³-hybridized carbons (Fsp3) is 0.217. The lowest BCUT2D eigenvalue weighted by Gasteiger charge is -2.14. The maximum atomic E-state index is 12.7. The van der Waals surface area contributed by atoms with Crippen LogP contribution in [0.25, 0.3) is 6.08 Å². The molecule has 0 aliphatic carbocycles. The van der Waals surface area contributed by atoms with Crippen molar-refractivity contribution in [1.82, 2.24) is 0 Å². The fourth-order valence-electron chi connectivity index (χ4n) is 2.99. The van der Waals surface area contributed by atoms with Gasteiger partial charge in [-0.15, -0.1) is 5.10 Å². The molecule has 1 aliphatic heterocycles. The van der Waals surface area contributed by atoms with Crippen LogP contribution in [0, 0.1) is 0 Å². The zero-order valence-corrected chi connectivity index (χ0v) is 19.6. The van der Waals surface area contributed by atoms with Crippen LogP contribution in [-0.4, -0.2) is 42.0 Å². The van der Waals surface area contributed by atoms with Crippen LogP contribution in [0.15, 0.2) is 64.8 Å². The predicted molar refractivity (Wildman–Crippen MR) is 134 cm³/mol. The largest absolute Gasteiger partial charge is 0.378 e. The third kappa shape index (κ3) is 5.99. The van der Waals surface area contributed by atoms with Gasteiger partial charge in [0.2, 0.25) is 11.8 Å². The summed E-state index contributed by atoms with van der Waals surface area (Å²) in [5, 5.41) is 8.11. The van der Waals surface area contributed by atoms with E-state index in [9.17, 15) is 9.59 Å². The van der Waals surface area contributed by atoms with E-state index in [1.165, 1.54) is 0 Å². The quantitative estimate of drug-likeness (QED) is 0.296. The molecule has 1 fully saturated rings. The molecule has 1 aliphatic rings. The fourth-order valence-corrected chi connectivity index (χ4v) is 3.93. The van der Waals surface area contributed by atoms with Gasteiger partial charge in [-0.05, 0) is 55.0 Å². The van der Waals surface area contributed by atoms with E-state index in [2.05, 4.69) is 10.2 Å². The minimum atomic E-state index is -0.636. The topological polar surface area (TPSA) is 91.4 Å². The molecule has 3 rings (SSSR count). The van der Waals surface area contributed by atoms with Gasteiger partial charge in [0.25, 0.3) is 0 Å². The van der Waals surface area contributed by atoms with Crippen LogP contribution in [0.4, 0.5) is 11.4 Å². The highest BCUT2D eigenvalue weighted by Crippen LogP contribution is 2.30. The van der Waals surface area contributed by atoms with Crippen LogP contribution < -0.4 is 15.5 Å². The van der Waals surface area contributed by atoms with Crippen molar-refractivity contribution in [2.45, 2.75) is 18.6 Å². The lowest BCUT2D eigenvalue weighted by molar-refractivity contribution is -0.121. The minimum absolute atomic E-state index is 0.0495. The molecule has 0 spiro atoms. The molecule has 7 nitrogen and oxygen atoms in total. The smallest absolute Gasteiger partial charge is 0.247 e. The summed E-state index contributed by atoms with van der Waals surface area (Å²) >= 11 is 6.92. The number of amides is 2. The van der Waals surface area contributed by atoms with E-state index < -0.39 is 5.25 Å². The Balaban J connectivity index is 1.61. The number of hydrogen-bond acceptors (Lipinski definition) is 6. The zero-order chi connectivity index (χ0) is 23.3. The van der Waals surface area contributed by atoms with Crippen molar-refractivity contribution in [3.8, 4) is 0 Å². The number of carbonyl (C=O) groups is 2. The molecule has 2 aromatic carbocycles. The number of anilines is 2. The standard InChI is InChI=1S/C23H24ClN5O2S/c1-15(4-5-16-6-10-18(11-7-16)28(2)3)26-27-23(25)32-20-14-21(30)29(22(20)31)19-12-8-17(24)9-13-19/h4-13,20H,14H2,1-3H3,(H2,25,27)/b5-4+,26-15-/t20-/m0/s1. The van der Waals surface area contributed by atoms with Gasteiger partial charge in [-0.1, -0.05) is 41.6 Å². The van der Waals surface area contributed by atoms with Gasteiger partial charge in [-0.3, -0.25) is 9.59 Å². The Morgan fingerprint density at radius 2 is 1.78 bits per heavy atom. The number of imide groups is 1. The van der Waals surface area contributed by atoms with Gasteiger partial charge >= 0.3 is 0 Å². The number of carbonyl (C=O) groups excluding carboxylic acids is 2. The van der Waals surface area contributed by atoms with E-state index in [-0.39, 0.29) is 23.4 Å². The third-order valence-electron chi connectivity index (χ3n) is 4.69. The Kier molecular flexibility index (Phi) is 7.71. The van der Waals surface area contributed by atoms with Crippen molar-refractivity contribution in [2.24, 2.45) is 15.9 Å². The predicted octanol–water partition coefficient (Wildman–Crippen LogP) is 4.18. The van der Waals surface area contributed by atoms with E-state index in [1.807, 2.05) is 55.4 Å². The van der Waals surface area contributed by atoms with E-state index >= 15 is 0 Å². The van der Waals surface area contributed by atoms with Gasteiger partial charge in [0, 0.05) is 31.2 Å². The van der Waals surface area contributed by atoms with Gasteiger partial charge in [0.1, 0.15) is 5.25 Å². The molecule has 1 heterocycles. The van der Waals surface area contributed by atoms with Crippen molar-refractivity contribution in [2.75, 3.05) is 23.9 Å². The summed E-state index contributed by atoms with van der Waals surface area (Å²) < 4.78 is 0. The molecular formula is C23H24ClN5O2S. The lowest BCUT2D eigenvalue weighted by atomic mass is 10.2. The Morgan fingerprint density at radius 3 is 2.41 bits per heavy atom. The van der Waals surface area contributed by atoms with E-state index in [1.54, 1.807) is 31.2 Å². The van der Waals surface area contributed by atoms with Crippen molar-refractivity contribution in [1.29, 1.82) is 0 Å². The van der Waals surface area contributed by atoms with Crippen LogP contribution in [-0.2, 0) is 9.59 Å². The average molecular weight is 470 g/mol. The Bertz CT molecular complexity index is 1080. The third-order valence-corrected chi connectivity index (χ3v) is 5.91. The summed E-state index contributed by atoms with van der Waals surface area (Å²) in [5.74, 6) is -0.618. The number of allylic oxidation sites excluding steroid dienone is 1. The molecule has 0 bridgehead atoms. The SMILES string of the molecule is CC(/C=C/c1ccc(N(C)C)cc1)=N/N=C(N)S[C@H]1CC(=O)N(c2ccc(Cl)cc2)C1=O. The molecule has 9 heteroatoms. The number of rotatable bonds is 6. The number of nitrogens with zero attached hydrogens (tertiary/aromatic N) is 4.